The van der Waals surface area contributed by atoms with Crippen molar-refractivity contribution in [3.8, 4) is 0 Å². The minimum Gasteiger partial charge on any atom is -0.340 e. The molecule has 1 aromatic carbocycles. The number of rotatable bonds is 3. The average Bonchev–Trinajstić information content (AvgIpc) is 3.44. The van der Waals surface area contributed by atoms with Gasteiger partial charge in [-0.1, -0.05) is 32.9 Å². The third-order valence-corrected chi connectivity index (χ3v) is 4.40. The number of nitrogens with one attached hydrogen (secondary N) is 1. The molecule has 0 bridgehead atoms. The largest absolute Gasteiger partial charge is 0.340 e. The number of carbonyl (C=O) groups is 2. The molecule has 0 saturated heterocycles. The standard InChI is InChI=1S/C19H22N4.2CH2O/c1-19(2,3)14-6-8-15(9-7-14)21-17-10-11-20-18-12-16(13-4-5-13)22-23(17)18;2*1-2/h6-13,21H,4-5H2,1-3H3;2*1H2. The van der Waals surface area contributed by atoms with Crippen LogP contribution in [-0.4, -0.2) is 28.2 Å². The minimum atomic E-state index is 0.170. The molecule has 142 valence electrons. The van der Waals surface area contributed by atoms with Crippen LogP contribution in [0.25, 0.3) is 5.65 Å². The fraction of sp³-hybridized carbons (Fsp3) is 0.333. The van der Waals surface area contributed by atoms with E-state index >= 15 is 0 Å². The van der Waals surface area contributed by atoms with Gasteiger partial charge in [-0.2, -0.15) is 9.61 Å². The predicted molar refractivity (Wildman–Crippen MR) is 108 cm³/mol. The van der Waals surface area contributed by atoms with Crippen LogP contribution >= 0.6 is 0 Å². The Morgan fingerprint density at radius 3 is 2.22 bits per heavy atom. The first-order valence-corrected chi connectivity index (χ1v) is 8.81. The SMILES string of the molecule is C=O.C=O.CC(C)(C)c1ccc(Nc2ccnc3cc(C4CC4)nn23)cc1. The van der Waals surface area contributed by atoms with Gasteiger partial charge in [0, 0.05) is 23.9 Å². The van der Waals surface area contributed by atoms with Gasteiger partial charge in [-0.25, -0.2) is 4.98 Å². The van der Waals surface area contributed by atoms with Crippen molar-refractivity contribution in [3.05, 3.63) is 53.9 Å². The monoisotopic (exact) mass is 366 g/mol. The van der Waals surface area contributed by atoms with Gasteiger partial charge < -0.3 is 14.9 Å². The Morgan fingerprint density at radius 1 is 1.04 bits per heavy atom. The van der Waals surface area contributed by atoms with Crippen molar-refractivity contribution in [2.75, 3.05) is 5.32 Å². The van der Waals surface area contributed by atoms with E-state index in [2.05, 4.69) is 61.4 Å². The van der Waals surface area contributed by atoms with Crippen LogP contribution in [0, 0.1) is 0 Å². The Bertz CT molecular complexity index is 875. The summed E-state index contributed by atoms with van der Waals surface area (Å²) >= 11 is 0. The number of carbonyl (C=O) groups excluding carboxylic acids is 2. The molecule has 1 fully saturated rings. The molecule has 1 aliphatic carbocycles. The zero-order chi connectivity index (χ0) is 20.0. The highest BCUT2D eigenvalue weighted by molar-refractivity contribution is 5.60. The molecular formula is C21H26N4O2. The van der Waals surface area contributed by atoms with E-state index in [1.807, 2.05) is 30.4 Å². The van der Waals surface area contributed by atoms with E-state index in [9.17, 15) is 0 Å². The highest BCUT2D eigenvalue weighted by Gasteiger charge is 2.26. The van der Waals surface area contributed by atoms with Crippen molar-refractivity contribution in [2.45, 2.75) is 44.9 Å². The lowest BCUT2D eigenvalue weighted by Crippen LogP contribution is -2.10. The normalized spacial score (nSPS) is 13.1. The van der Waals surface area contributed by atoms with Crippen LogP contribution < -0.4 is 5.32 Å². The maximum atomic E-state index is 8.00. The van der Waals surface area contributed by atoms with Crippen molar-refractivity contribution in [1.82, 2.24) is 14.6 Å². The predicted octanol–water partition coefficient (Wildman–Crippen LogP) is 4.28. The molecule has 1 N–H and O–H groups in total. The van der Waals surface area contributed by atoms with Crippen molar-refractivity contribution in [3.63, 3.8) is 0 Å². The Hall–Kier alpha value is -3.02. The molecule has 4 rings (SSSR count). The molecule has 2 heterocycles. The molecule has 0 atom stereocenters. The van der Waals surface area contributed by atoms with E-state index in [0.717, 1.165) is 22.8 Å². The molecular weight excluding hydrogens is 340 g/mol. The second-order valence-electron chi connectivity index (χ2n) is 7.40. The maximum absolute atomic E-state index is 8.00. The fourth-order valence-corrected chi connectivity index (χ4v) is 2.79. The van der Waals surface area contributed by atoms with Crippen LogP contribution in [0.4, 0.5) is 11.5 Å². The lowest BCUT2D eigenvalue weighted by molar-refractivity contribution is -0.0987. The number of hydrogen-bond donors (Lipinski definition) is 1. The molecule has 2 aromatic heterocycles. The second-order valence-corrected chi connectivity index (χ2v) is 7.40. The minimum absolute atomic E-state index is 0.170. The Balaban J connectivity index is 0.000000614. The highest BCUT2D eigenvalue weighted by atomic mass is 16.1. The summed E-state index contributed by atoms with van der Waals surface area (Å²) in [7, 11) is 0. The van der Waals surface area contributed by atoms with Gasteiger partial charge in [0.05, 0.1) is 5.69 Å². The van der Waals surface area contributed by atoms with Crippen molar-refractivity contribution >= 4 is 30.7 Å². The third-order valence-electron chi connectivity index (χ3n) is 4.40. The first kappa shape index (κ1) is 20.3. The zero-order valence-corrected chi connectivity index (χ0v) is 16.1. The van der Waals surface area contributed by atoms with Gasteiger partial charge in [0.2, 0.25) is 0 Å². The second kappa shape index (κ2) is 8.58. The summed E-state index contributed by atoms with van der Waals surface area (Å²) in [5.74, 6) is 1.58. The van der Waals surface area contributed by atoms with Crippen molar-refractivity contribution in [1.29, 1.82) is 0 Å². The van der Waals surface area contributed by atoms with E-state index in [0.29, 0.717) is 5.92 Å². The number of anilines is 2. The molecule has 6 heteroatoms. The third kappa shape index (κ3) is 4.78. The number of hydrogen-bond acceptors (Lipinski definition) is 5. The van der Waals surface area contributed by atoms with Gasteiger partial charge in [0.1, 0.15) is 19.4 Å². The summed E-state index contributed by atoms with van der Waals surface area (Å²) in [6, 6.07) is 12.7. The van der Waals surface area contributed by atoms with Gasteiger partial charge >= 0.3 is 0 Å². The van der Waals surface area contributed by atoms with Gasteiger partial charge in [0.15, 0.2) is 5.65 Å². The summed E-state index contributed by atoms with van der Waals surface area (Å²) < 4.78 is 1.91. The lowest BCUT2D eigenvalue weighted by atomic mass is 9.87. The molecule has 1 aliphatic rings. The van der Waals surface area contributed by atoms with Crippen LogP contribution in [0.2, 0.25) is 0 Å². The average molecular weight is 366 g/mol. The fourth-order valence-electron chi connectivity index (χ4n) is 2.79. The first-order chi connectivity index (χ1) is 13.0. The van der Waals surface area contributed by atoms with Gasteiger partial charge in [-0.05, 0) is 42.0 Å². The Kier molecular flexibility index (Phi) is 6.45. The Morgan fingerprint density at radius 2 is 1.67 bits per heavy atom. The number of nitrogens with zero attached hydrogens (tertiary/aromatic N) is 3. The number of fused-ring (bicyclic) bond motifs is 1. The van der Waals surface area contributed by atoms with Crippen LogP contribution in [0.3, 0.4) is 0 Å². The topological polar surface area (TPSA) is 76.4 Å². The molecule has 3 aromatic rings. The summed E-state index contributed by atoms with van der Waals surface area (Å²) in [6.45, 7) is 10.7. The van der Waals surface area contributed by atoms with E-state index in [-0.39, 0.29) is 5.41 Å². The molecule has 0 radical (unpaired) electrons. The molecule has 0 spiro atoms. The summed E-state index contributed by atoms with van der Waals surface area (Å²) in [4.78, 5) is 20.4. The van der Waals surface area contributed by atoms with Crippen molar-refractivity contribution in [2.24, 2.45) is 0 Å². The molecule has 0 aliphatic heterocycles. The highest BCUT2D eigenvalue weighted by Crippen LogP contribution is 2.39. The van der Waals surface area contributed by atoms with E-state index in [1.54, 1.807) is 0 Å². The summed E-state index contributed by atoms with van der Waals surface area (Å²) in [6.07, 6.45) is 4.33. The van der Waals surface area contributed by atoms with E-state index in [1.165, 1.54) is 18.4 Å². The van der Waals surface area contributed by atoms with Gasteiger partial charge in [0.25, 0.3) is 0 Å². The maximum Gasteiger partial charge on any atom is 0.157 e. The van der Waals surface area contributed by atoms with E-state index < -0.39 is 0 Å². The Labute approximate surface area is 159 Å². The van der Waals surface area contributed by atoms with Crippen LogP contribution in [0.1, 0.15) is 50.8 Å². The lowest BCUT2D eigenvalue weighted by Gasteiger charge is -2.19. The van der Waals surface area contributed by atoms with Crippen LogP contribution in [0.15, 0.2) is 42.6 Å². The molecule has 0 unspecified atom stereocenters. The number of benzene rings is 1. The quantitative estimate of drug-likeness (QED) is 0.749. The summed E-state index contributed by atoms with van der Waals surface area (Å²) in [5.41, 5.74) is 4.63. The first-order valence-electron chi connectivity index (χ1n) is 8.81. The summed E-state index contributed by atoms with van der Waals surface area (Å²) in [5, 5.41) is 8.18. The smallest absolute Gasteiger partial charge is 0.157 e. The molecule has 6 nitrogen and oxygen atoms in total. The van der Waals surface area contributed by atoms with Crippen LogP contribution in [-0.2, 0) is 15.0 Å². The van der Waals surface area contributed by atoms with Gasteiger partial charge in [-0.3, -0.25) is 0 Å². The van der Waals surface area contributed by atoms with Crippen molar-refractivity contribution < 1.29 is 9.59 Å². The molecule has 0 amide bonds. The van der Waals surface area contributed by atoms with Gasteiger partial charge in [-0.15, -0.1) is 0 Å². The number of aromatic nitrogens is 3. The molecule has 1 saturated carbocycles. The zero-order valence-electron chi connectivity index (χ0n) is 16.1. The van der Waals surface area contributed by atoms with E-state index in [4.69, 9.17) is 14.7 Å². The van der Waals surface area contributed by atoms with Crippen LogP contribution in [0.5, 0.6) is 0 Å². The molecule has 27 heavy (non-hydrogen) atoms.